The minimum absolute atomic E-state index is 0.0119. The lowest BCUT2D eigenvalue weighted by Crippen LogP contribution is -2.05. The number of ether oxygens (including phenoxy) is 1. The van der Waals surface area contributed by atoms with Gasteiger partial charge in [0.2, 0.25) is 0 Å². The Balaban J connectivity index is 2.37. The Hall–Kier alpha value is -1.82. The average Bonchev–Trinajstić information content (AvgIpc) is 2.23. The highest BCUT2D eigenvalue weighted by Gasteiger charge is 2.03. The first-order valence-electron chi connectivity index (χ1n) is 4.56. The van der Waals surface area contributed by atoms with Crippen LogP contribution in [0.1, 0.15) is 12.0 Å². The lowest BCUT2D eigenvalue weighted by atomic mass is 10.1. The smallest absolute Gasteiger partial charge is 0.307 e. The van der Waals surface area contributed by atoms with Crippen molar-refractivity contribution in [1.82, 2.24) is 0 Å². The maximum Gasteiger partial charge on any atom is 0.307 e. The van der Waals surface area contributed by atoms with Crippen LogP contribution in [0, 0.1) is 18.2 Å². The van der Waals surface area contributed by atoms with E-state index < -0.39 is 0 Å². The van der Waals surface area contributed by atoms with Gasteiger partial charge < -0.3 is 4.74 Å². The predicted octanol–water partition coefficient (Wildman–Crippen LogP) is 1.93. The Morgan fingerprint density at radius 1 is 1.53 bits per heavy atom. The molecule has 0 aliphatic heterocycles. The normalized spacial score (nSPS) is 9.33. The molecule has 0 N–H and O–H groups in total. The first-order valence-corrected chi connectivity index (χ1v) is 4.56. The van der Waals surface area contributed by atoms with Crippen LogP contribution in [0.4, 0.5) is 4.39 Å². The summed E-state index contributed by atoms with van der Waals surface area (Å²) in [7, 11) is 0. The van der Waals surface area contributed by atoms with Gasteiger partial charge in [0.1, 0.15) is 5.82 Å². The lowest BCUT2D eigenvalue weighted by Gasteiger charge is -2.01. The molecule has 0 atom stereocenters. The Morgan fingerprint density at radius 2 is 2.33 bits per heavy atom. The van der Waals surface area contributed by atoms with Crippen LogP contribution in [0.25, 0.3) is 0 Å². The number of benzene rings is 1. The second-order valence-corrected chi connectivity index (χ2v) is 2.99. The molecule has 1 aromatic carbocycles. The zero-order valence-corrected chi connectivity index (χ0v) is 8.20. The van der Waals surface area contributed by atoms with E-state index in [-0.39, 0.29) is 24.8 Å². The highest BCUT2D eigenvalue weighted by Crippen LogP contribution is 2.06. The largest absolute Gasteiger partial charge is 0.452 e. The summed E-state index contributed by atoms with van der Waals surface area (Å²) in [6.45, 7) is -0.0119. The van der Waals surface area contributed by atoms with Crippen molar-refractivity contribution >= 4 is 5.97 Å². The molecule has 0 heterocycles. The van der Waals surface area contributed by atoms with E-state index in [1.165, 1.54) is 12.1 Å². The third-order valence-electron chi connectivity index (χ3n) is 1.82. The maximum absolute atomic E-state index is 12.8. The van der Waals surface area contributed by atoms with Crippen LogP contribution in [-0.4, -0.2) is 12.6 Å². The van der Waals surface area contributed by atoms with Crippen molar-refractivity contribution in [3.05, 3.63) is 35.6 Å². The van der Waals surface area contributed by atoms with Crippen LogP contribution in [0.3, 0.4) is 0 Å². The molecule has 0 aromatic heterocycles. The molecule has 78 valence electrons. The predicted molar refractivity (Wildman–Crippen MR) is 54.5 cm³/mol. The van der Waals surface area contributed by atoms with E-state index in [0.29, 0.717) is 6.42 Å². The Morgan fingerprint density at radius 3 is 3.00 bits per heavy atom. The molecule has 0 fully saturated rings. The number of esters is 1. The molecule has 0 aliphatic carbocycles. The van der Waals surface area contributed by atoms with Gasteiger partial charge in [0.15, 0.2) is 6.61 Å². The van der Waals surface area contributed by atoms with Crippen molar-refractivity contribution in [2.24, 2.45) is 0 Å². The van der Waals surface area contributed by atoms with Gasteiger partial charge in [0.05, 0.1) is 0 Å². The molecule has 0 saturated heterocycles. The number of halogens is 1. The molecule has 3 heteroatoms. The second kappa shape index (κ2) is 5.82. The number of carbonyl (C=O) groups excluding carboxylic acids is 1. The first-order chi connectivity index (χ1) is 7.22. The van der Waals surface area contributed by atoms with Gasteiger partial charge >= 0.3 is 5.97 Å². The summed E-state index contributed by atoms with van der Waals surface area (Å²) in [5, 5.41) is 0. The summed E-state index contributed by atoms with van der Waals surface area (Å²) in [5.41, 5.74) is 0.771. The fourth-order valence-corrected chi connectivity index (χ4v) is 1.13. The fourth-order valence-electron chi connectivity index (χ4n) is 1.13. The number of hydrogen-bond donors (Lipinski definition) is 0. The summed E-state index contributed by atoms with van der Waals surface area (Å²) in [6, 6.07) is 6.13. The van der Waals surface area contributed by atoms with Crippen LogP contribution in [0.5, 0.6) is 0 Å². The molecule has 1 aromatic rings. The zero-order chi connectivity index (χ0) is 11.1. The average molecular weight is 206 g/mol. The minimum atomic E-state index is -0.364. The topological polar surface area (TPSA) is 26.3 Å². The summed E-state index contributed by atoms with van der Waals surface area (Å²) < 4.78 is 17.4. The number of hydrogen-bond acceptors (Lipinski definition) is 2. The van der Waals surface area contributed by atoms with E-state index >= 15 is 0 Å². The van der Waals surface area contributed by atoms with Crippen molar-refractivity contribution in [2.45, 2.75) is 12.8 Å². The summed E-state index contributed by atoms with van der Waals surface area (Å²) in [5.74, 6) is 1.54. The summed E-state index contributed by atoms with van der Waals surface area (Å²) >= 11 is 0. The molecule has 1 rings (SSSR count). The van der Waals surface area contributed by atoms with E-state index in [1.807, 2.05) is 0 Å². The SMILES string of the molecule is C#CCOC(=O)CCc1cccc(F)c1. The molecule has 0 bridgehead atoms. The number of carbonyl (C=O) groups is 1. The van der Waals surface area contributed by atoms with Gasteiger partial charge in [-0.3, -0.25) is 4.79 Å². The van der Waals surface area contributed by atoms with E-state index in [0.717, 1.165) is 5.56 Å². The fraction of sp³-hybridized carbons (Fsp3) is 0.250. The lowest BCUT2D eigenvalue weighted by molar-refractivity contribution is -0.142. The maximum atomic E-state index is 12.8. The van der Waals surface area contributed by atoms with Gasteiger partial charge in [-0.25, -0.2) is 4.39 Å². The van der Waals surface area contributed by atoms with Gasteiger partial charge in [0.25, 0.3) is 0 Å². The van der Waals surface area contributed by atoms with Crippen molar-refractivity contribution in [1.29, 1.82) is 0 Å². The van der Waals surface area contributed by atoms with Crippen molar-refractivity contribution in [3.8, 4) is 12.3 Å². The first kappa shape index (κ1) is 11.3. The second-order valence-electron chi connectivity index (χ2n) is 2.99. The molecule has 2 nitrogen and oxygen atoms in total. The highest BCUT2D eigenvalue weighted by molar-refractivity contribution is 5.69. The summed E-state index contributed by atoms with van der Waals surface area (Å²) in [6.07, 6.45) is 5.60. The monoisotopic (exact) mass is 206 g/mol. The third-order valence-corrected chi connectivity index (χ3v) is 1.82. The van der Waals surface area contributed by atoms with Crippen LogP contribution in [-0.2, 0) is 16.0 Å². The van der Waals surface area contributed by atoms with E-state index in [2.05, 4.69) is 10.7 Å². The minimum Gasteiger partial charge on any atom is -0.452 e. The van der Waals surface area contributed by atoms with Crippen molar-refractivity contribution in [2.75, 3.05) is 6.61 Å². The zero-order valence-electron chi connectivity index (χ0n) is 8.20. The third kappa shape index (κ3) is 4.28. The Labute approximate surface area is 88.1 Å². The van der Waals surface area contributed by atoms with E-state index in [9.17, 15) is 9.18 Å². The number of terminal acetylenes is 1. The van der Waals surface area contributed by atoms with Crippen LogP contribution in [0.15, 0.2) is 24.3 Å². The van der Waals surface area contributed by atoms with Gasteiger partial charge in [0, 0.05) is 6.42 Å². The standard InChI is InChI=1S/C12H11FO2/c1-2-8-15-12(14)7-6-10-4-3-5-11(13)9-10/h1,3-5,9H,6-8H2. The van der Waals surface area contributed by atoms with Crippen molar-refractivity contribution < 1.29 is 13.9 Å². The molecule has 0 amide bonds. The molecular formula is C12H11FO2. The van der Waals surface area contributed by atoms with Crippen LogP contribution in [0.2, 0.25) is 0 Å². The molecule has 0 aliphatic rings. The Kier molecular flexibility index (Phi) is 4.36. The molecule has 0 saturated carbocycles. The summed E-state index contributed by atoms with van der Waals surface area (Å²) in [4.78, 5) is 11.0. The van der Waals surface area contributed by atoms with Gasteiger partial charge in [-0.1, -0.05) is 18.1 Å². The number of rotatable bonds is 4. The molecule has 0 unspecified atom stereocenters. The van der Waals surface area contributed by atoms with E-state index in [1.54, 1.807) is 12.1 Å². The van der Waals surface area contributed by atoms with Crippen molar-refractivity contribution in [3.63, 3.8) is 0 Å². The Bertz CT molecular complexity index is 379. The highest BCUT2D eigenvalue weighted by atomic mass is 19.1. The quantitative estimate of drug-likeness (QED) is 0.556. The molecule has 0 radical (unpaired) electrons. The van der Waals surface area contributed by atoms with Crippen LogP contribution < -0.4 is 0 Å². The van der Waals surface area contributed by atoms with Crippen LogP contribution >= 0.6 is 0 Å². The van der Waals surface area contributed by atoms with Gasteiger partial charge in [-0.05, 0) is 24.1 Å². The van der Waals surface area contributed by atoms with Gasteiger partial charge in [-0.2, -0.15) is 0 Å². The molecular weight excluding hydrogens is 195 g/mol. The molecule has 0 spiro atoms. The van der Waals surface area contributed by atoms with Gasteiger partial charge in [-0.15, -0.1) is 6.42 Å². The number of aryl methyl sites for hydroxylation is 1. The van der Waals surface area contributed by atoms with E-state index in [4.69, 9.17) is 6.42 Å². The molecule has 15 heavy (non-hydrogen) atoms.